The first-order valence-electron chi connectivity index (χ1n) is 8.32. The second-order valence-electron chi connectivity index (χ2n) is 7.03. The summed E-state index contributed by atoms with van der Waals surface area (Å²) in [4.78, 5) is 4.95. The van der Waals surface area contributed by atoms with Crippen LogP contribution in [0.15, 0.2) is 24.3 Å². The van der Waals surface area contributed by atoms with Crippen molar-refractivity contribution >= 4 is 0 Å². The molecule has 1 aromatic carbocycles. The van der Waals surface area contributed by atoms with Crippen molar-refractivity contribution in [2.45, 2.75) is 31.8 Å². The first kappa shape index (κ1) is 15.0. The Kier molecular flexibility index (Phi) is 4.63. The van der Waals surface area contributed by atoms with Gasteiger partial charge in [-0.15, -0.1) is 0 Å². The molecule has 0 radical (unpaired) electrons. The number of benzene rings is 1. The quantitative estimate of drug-likeness (QED) is 0.896. The summed E-state index contributed by atoms with van der Waals surface area (Å²) in [5, 5.41) is 3.87. The van der Waals surface area contributed by atoms with Crippen LogP contribution in [0.5, 0.6) is 0 Å². The van der Waals surface area contributed by atoms with Crippen molar-refractivity contribution in [3.63, 3.8) is 0 Å². The Balaban J connectivity index is 1.61. The first-order chi connectivity index (χ1) is 10.1. The Morgan fingerprint density at radius 3 is 2.52 bits per heavy atom. The molecule has 1 saturated heterocycles. The summed E-state index contributed by atoms with van der Waals surface area (Å²) in [5.74, 6) is 0.847. The van der Waals surface area contributed by atoms with Crippen molar-refractivity contribution in [3.05, 3.63) is 35.4 Å². The molecule has 2 aliphatic rings. The van der Waals surface area contributed by atoms with E-state index in [9.17, 15) is 0 Å². The minimum absolute atomic E-state index is 0.547. The highest BCUT2D eigenvalue weighted by Gasteiger charge is 2.33. The van der Waals surface area contributed by atoms with Crippen LogP contribution >= 0.6 is 0 Å². The summed E-state index contributed by atoms with van der Waals surface area (Å²) < 4.78 is 0. The highest BCUT2D eigenvalue weighted by Crippen LogP contribution is 2.41. The van der Waals surface area contributed by atoms with E-state index in [-0.39, 0.29) is 0 Å². The Labute approximate surface area is 129 Å². The van der Waals surface area contributed by atoms with Crippen LogP contribution in [0.25, 0.3) is 0 Å². The number of aryl methyl sites for hydroxylation is 1. The molecule has 2 unspecified atom stereocenters. The SMILES string of the molecule is Cc1ccc(C(NCC2CN(C)CCN2C)C2CC2)cc1. The molecule has 2 fully saturated rings. The molecule has 1 heterocycles. The molecule has 1 saturated carbocycles. The normalized spacial score (nSPS) is 26.0. The standard InChI is InChI=1S/C18H29N3/c1-14-4-6-15(7-5-14)18(16-8-9-16)19-12-17-13-20(2)10-11-21(17)3/h4-7,16-19H,8-13H2,1-3H3. The van der Waals surface area contributed by atoms with E-state index >= 15 is 0 Å². The van der Waals surface area contributed by atoms with Crippen molar-refractivity contribution in [2.75, 3.05) is 40.3 Å². The van der Waals surface area contributed by atoms with E-state index < -0.39 is 0 Å². The Morgan fingerprint density at radius 1 is 1.14 bits per heavy atom. The maximum absolute atomic E-state index is 3.87. The average molecular weight is 287 g/mol. The van der Waals surface area contributed by atoms with E-state index in [2.05, 4.69) is 60.4 Å². The van der Waals surface area contributed by atoms with Gasteiger partial charge in [0.05, 0.1) is 0 Å². The second kappa shape index (κ2) is 6.47. The van der Waals surface area contributed by atoms with Crippen LogP contribution in [-0.4, -0.2) is 56.1 Å². The lowest BCUT2D eigenvalue weighted by atomic mass is 10.0. The lowest BCUT2D eigenvalue weighted by molar-refractivity contribution is 0.110. The van der Waals surface area contributed by atoms with Crippen LogP contribution in [0.2, 0.25) is 0 Å². The predicted octanol–water partition coefficient (Wildman–Crippen LogP) is 2.28. The van der Waals surface area contributed by atoms with Gasteiger partial charge in [-0.05, 0) is 45.3 Å². The van der Waals surface area contributed by atoms with Crippen molar-refractivity contribution < 1.29 is 0 Å². The molecule has 1 aromatic rings. The van der Waals surface area contributed by atoms with Crippen molar-refractivity contribution in [1.82, 2.24) is 15.1 Å². The largest absolute Gasteiger partial charge is 0.308 e. The van der Waals surface area contributed by atoms with Gasteiger partial charge < -0.3 is 10.2 Å². The van der Waals surface area contributed by atoms with Gasteiger partial charge in [0.15, 0.2) is 0 Å². The van der Waals surface area contributed by atoms with Gasteiger partial charge in [0.1, 0.15) is 0 Å². The first-order valence-corrected chi connectivity index (χ1v) is 8.32. The van der Waals surface area contributed by atoms with E-state index in [1.165, 1.54) is 43.6 Å². The topological polar surface area (TPSA) is 18.5 Å². The van der Waals surface area contributed by atoms with Crippen molar-refractivity contribution in [1.29, 1.82) is 0 Å². The number of hydrogen-bond acceptors (Lipinski definition) is 3. The van der Waals surface area contributed by atoms with Crippen molar-refractivity contribution in [3.8, 4) is 0 Å². The van der Waals surface area contributed by atoms with E-state index in [1.54, 1.807) is 0 Å². The number of hydrogen-bond donors (Lipinski definition) is 1. The Hall–Kier alpha value is -0.900. The minimum atomic E-state index is 0.547. The second-order valence-corrected chi connectivity index (χ2v) is 7.03. The van der Waals surface area contributed by atoms with Gasteiger partial charge in [0.2, 0.25) is 0 Å². The third-order valence-electron chi connectivity index (χ3n) is 5.08. The molecular formula is C18H29N3. The zero-order valence-electron chi connectivity index (χ0n) is 13.7. The number of nitrogens with one attached hydrogen (secondary N) is 1. The number of rotatable bonds is 5. The van der Waals surface area contributed by atoms with Crippen LogP contribution in [0.3, 0.4) is 0 Å². The average Bonchev–Trinajstić information content (AvgIpc) is 3.29. The number of piperazine rings is 1. The van der Waals surface area contributed by atoms with Gasteiger partial charge in [0, 0.05) is 38.3 Å². The monoisotopic (exact) mass is 287 g/mol. The molecule has 2 atom stereocenters. The van der Waals surface area contributed by atoms with E-state index in [1.807, 2.05) is 0 Å². The number of nitrogens with zero attached hydrogens (tertiary/aromatic N) is 2. The third kappa shape index (κ3) is 3.85. The third-order valence-corrected chi connectivity index (χ3v) is 5.08. The summed E-state index contributed by atoms with van der Waals surface area (Å²) in [6, 6.07) is 10.3. The van der Waals surface area contributed by atoms with Gasteiger partial charge in [0.25, 0.3) is 0 Å². The summed E-state index contributed by atoms with van der Waals surface area (Å²) in [6.07, 6.45) is 2.76. The summed E-state index contributed by atoms with van der Waals surface area (Å²) in [7, 11) is 4.50. The van der Waals surface area contributed by atoms with Crippen LogP contribution in [0.4, 0.5) is 0 Å². The molecule has 0 bridgehead atoms. The lowest BCUT2D eigenvalue weighted by Crippen LogP contribution is -2.54. The van der Waals surface area contributed by atoms with Crippen LogP contribution < -0.4 is 5.32 Å². The fourth-order valence-electron chi connectivity index (χ4n) is 3.34. The van der Waals surface area contributed by atoms with Gasteiger partial charge in [-0.1, -0.05) is 29.8 Å². The molecule has 1 N–H and O–H groups in total. The molecule has 0 spiro atoms. The molecule has 0 amide bonds. The zero-order valence-corrected chi connectivity index (χ0v) is 13.7. The summed E-state index contributed by atoms with van der Waals surface area (Å²) in [6.45, 7) is 6.80. The molecule has 3 nitrogen and oxygen atoms in total. The summed E-state index contributed by atoms with van der Waals surface area (Å²) in [5.41, 5.74) is 2.82. The molecule has 21 heavy (non-hydrogen) atoms. The van der Waals surface area contributed by atoms with E-state index in [4.69, 9.17) is 0 Å². The maximum atomic E-state index is 3.87. The number of likely N-dealkylation sites (N-methyl/N-ethyl adjacent to an activating group) is 2. The zero-order chi connectivity index (χ0) is 14.8. The van der Waals surface area contributed by atoms with Crippen LogP contribution in [0.1, 0.15) is 30.0 Å². The van der Waals surface area contributed by atoms with Gasteiger partial charge in [-0.25, -0.2) is 0 Å². The molecule has 0 aromatic heterocycles. The van der Waals surface area contributed by atoms with Crippen LogP contribution in [0, 0.1) is 12.8 Å². The van der Waals surface area contributed by atoms with Gasteiger partial charge in [-0.2, -0.15) is 0 Å². The van der Waals surface area contributed by atoms with Crippen molar-refractivity contribution in [2.24, 2.45) is 5.92 Å². The highest BCUT2D eigenvalue weighted by molar-refractivity contribution is 5.25. The van der Waals surface area contributed by atoms with Crippen LogP contribution in [-0.2, 0) is 0 Å². The fourth-order valence-corrected chi connectivity index (χ4v) is 3.34. The van der Waals surface area contributed by atoms with E-state index in [0.717, 1.165) is 12.5 Å². The van der Waals surface area contributed by atoms with Gasteiger partial charge in [-0.3, -0.25) is 4.90 Å². The summed E-state index contributed by atoms with van der Waals surface area (Å²) >= 11 is 0. The lowest BCUT2D eigenvalue weighted by Gasteiger charge is -2.38. The molecular weight excluding hydrogens is 258 g/mol. The Morgan fingerprint density at radius 2 is 1.86 bits per heavy atom. The molecule has 116 valence electrons. The molecule has 3 heteroatoms. The molecule has 1 aliphatic carbocycles. The Bertz CT molecular complexity index is 452. The minimum Gasteiger partial charge on any atom is -0.308 e. The molecule has 3 rings (SSSR count). The smallest absolute Gasteiger partial charge is 0.0349 e. The molecule has 1 aliphatic heterocycles. The van der Waals surface area contributed by atoms with Gasteiger partial charge >= 0.3 is 0 Å². The predicted molar refractivity (Wildman–Crippen MR) is 88.6 cm³/mol. The van der Waals surface area contributed by atoms with E-state index in [0.29, 0.717) is 12.1 Å². The fraction of sp³-hybridized carbons (Fsp3) is 0.667. The highest BCUT2D eigenvalue weighted by atomic mass is 15.3. The maximum Gasteiger partial charge on any atom is 0.0349 e.